The van der Waals surface area contributed by atoms with E-state index in [1.807, 2.05) is 69.3 Å². The van der Waals surface area contributed by atoms with Crippen molar-refractivity contribution >= 4 is 16.7 Å². The maximum absolute atomic E-state index is 12.7. The molecule has 0 radical (unpaired) electrons. The maximum Gasteiger partial charge on any atom is 0.193 e. The highest BCUT2D eigenvalue weighted by Crippen LogP contribution is 2.20. The Bertz CT molecular complexity index is 849. The Morgan fingerprint density at radius 3 is 2.52 bits per heavy atom. The highest BCUT2D eigenvalue weighted by atomic mass is 16.1. The number of hydrogen-bond donors (Lipinski definition) is 0. The Morgan fingerprint density at radius 1 is 0.905 bits per heavy atom. The molecular weight excluding hydrogens is 258 g/mol. The monoisotopic (exact) mass is 275 g/mol. The van der Waals surface area contributed by atoms with Crippen LogP contribution < -0.4 is 0 Å². The zero-order chi connectivity index (χ0) is 15.0. The summed E-state index contributed by atoms with van der Waals surface area (Å²) in [6.07, 6.45) is 0. The van der Waals surface area contributed by atoms with E-state index in [4.69, 9.17) is 0 Å². The second-order valence-corrected chi connectivity index (χ2v) is 5.51. The lowest BCUT2D eigenvalue weighted by Crippen LogP contribution is -2.04. The first-order valence-corrected chi connectivity index (χ1v) is 7.04. The molecule has 0 bridgehead atoms. The average molecular weight is 275 g/mol. The van der Waals surface area contributed by atoms with Crippen molar-refractivity contribution in [2.24, 2.45) is 0 Å². The minimum absolute atomic E-state index is 0.0682. The average Bonchev–Trinajstić information content (AvgIpc) is 2.48. The minimum atomic E-state index is 0.0682. The van der Waals surface area contributed by atoms with Crippen LogP contribution in [0.1, 0.15) is 32.7 Å². The van der Waals surface area contributed by atoms with Gasteiger partial charge in [0, 0.05) is 22.2 Å². The van der Waals surface area contributed by atoms with Gasteiger partial charge in [-0.15, -0.1) is 0 Å². The molecule has 21 heavy (non-hydrogen) atoms. The third kappa shape index (κ3) is 2.57. The molecule has 2 heteroatoms. The molecule has 3 rings (SSSR count). The first-order chi connectivity index (χ1) is 10.0. The van der Waals surface area contributed by atoms with Gasteiger partial charge in [-0.25, -0.2) is 0 Å². The van der Waals surface area contributed by atoms with Crippen molar-refractivity contribution in [1.82, 2.24) is 4.98 Å². The molecule has 0 amide bonds. The van der Waals surface area contributed by atoms with Crippen LogP contribution in [0.25, 0.3) is 10.9 Å². The highest BCUT2D eigenvalue weighted by molar-refractivity contribution is 6.11. The summed E-state index contributed by atoms with van der Waals surface area (Å²) in [5, 5.41) is 0.997. The number of benzene rings is 2. The largest absolute Gasteiger partial charge is 0.289 e. The van der Waals surface area contributed by atoms with E-state index in [0.717, 1.165) is 33.3 Å². The second-order valence-electron chi connectivity index (χ2n) is 5.51. The molecule has 1 heterocycles. The standard InChI is InChI=1S/C19H17NO/c1-12-4-5-13(2)17(10-12)19(21)16-8-9-18-15(11-16)7-6-14(3)20-18/h4-11H,1-3H3. The molecule has 0 N–H and O–H groups in total. The summed E-state index contributed by atoms with van der Waals surface area (Å²) in [6.45, 7) is 5.94. The first kappa shape index (κ1) is 13.5. The van der Waals surface area contributed by atoms with E-state index in [-0.39, 0.29) is 5.78 Å². The van der Waals surface area contributed by atoms with Crippen molar-refractivity contribution < 1.29 is 4.79 Å². The molecule has 0 unspecified atom stereocenters. The van der Waals surface area contributed by atoms with Gasteiger partial charge in [-0.2, -0.15) is 0 Å². The van der Waals surface area contributed by atoms with Crippen LogP contribution in [0.15, 0.2) is 48.5 Å². The van der Waals surface area contributed by atoms with Crippen LogP contribution in [0.2, 0.25) is 0 Å². The molecule has 104 valence electrons. The second kappa shape index (κ2) is 5.13. The van der Waals surface area contributed by atoms with Crippen molar-refractivity contribution in [3.8, 4) is 0 Å². The minimum Gasteiger partial charge on any atom is -0.289 e. The molecule has 0 aliphatic heterocycles. The Morgan fingerprint density at radius 2 is 1.71 bits per heavy atom. The lowest BCUT2D eigenvalue weighted by atomic mass is 9.96. The number of hydrogen-bond acceptors (Lipinski definition) is 2. The Hall–Kier alpha value is -2.48. The molecule has 0 saturated heterocycles. The van der Waals surface area contributed by atoms with Crippen LogP contribution in [0.3, 0.4) is 0 Å². The van der Waals surface area contributed by atoms with Crippen LogP contribution in [0.4, 0.5) is 0 Å². The zero-order valence-electron chi connectivity index (χ0n) is 12.5. The van der Waals surface area contributed by atoms with Gasteiger partial charge in [-0.1, -0.05) is 23.8 Å². The number of ketones is 1. The number of aryl methyl sites for hydroxylation is 3. The van der Waals surface area contributed by atoms with Gasteiger partial charge in [0.05, 0.1) is 5.52 Å². The molecule has 0 spiro atoms. The first-order valence-electron chi connectivity index (χ1n) is 7.04. The summed E-state index contributed by atoms with van der Waals surface area (Å²) in [5.41, 5.74) is 5.50. The zero-order valence-corrected chi connectivity index (χ0v) is 12.5. The van der Waals surface area contributed by atoms with Crippen LogP contribution in [-0.2, 0) is 0 Å². The molecule has 0 aliphatic carbocycles. The van der Waals surface area contributed by atoms with E-state index in [2.05, 4.69) is 4.98 Å². The number of nitrogens with zero attached hydrogens (tertiary/aromatic N) is 1. The van der Waals surface area contributed by atoms with Crippen molar-refractivity contribution in [3.63, 3.8) is 0 Å². The van der Waals surface area contributed by atoms with E-state index in [1.165, 1.54) is 0 Å². The van der Waals surface area contributed by atoms with Crippen molar-refractivity contribution in [2.75, 3.05) is 0 Å². The van der Waals surface area contributed by atoms with Gasteiger partial charge in [0.2, 0.25) is 0 Å². The Balaban J connectivity index is 2.09. The van der Waals surface area contributed by atoms with Gasteiger partial charge in [0.25, 0.3) is 0 Å². The van der Waals surface area contributed by atoms with Gasteiger partial charge in [-0.3, -0.25) is 9.78 Å². The number of pyridine rings is 1. The summed E-state index contributed by atoms with van der Waals surface area (Å²) >= 11 is 0. The molecule has 2 nitrogen and oxygen atoms in total. The topological polar surface area (TPSA) is 30.0 Å². The predicted molar refractivity (Wildman–Crippen MR) is 85.8 cm³/mol. The van der Waals surface area contributed by atoms with Gasteiger partial charge in [0.1, 0.15) is 0 Å². The van der Waals surface area contributed by atoms with Gasteiger partial charge < -0.3 is 0 Å². The molecule has 1 aromatic heterocycles. The lowest BCUT2D eigenvalue weighted by molar-refractivity contribution is 0.103. The normalized spacial score (nSPS) is 10.8. The quantitative estimate of drug-likeness (QED) is 0.649. The van der Waals surface area contributed by atoms with E-state index in [9.17, 15) is 4.79 Å². The van der Waals surface area contributed by atoms with E-state index in [0.29, 0.717) is 5.56 Å². The number of aromatic nitrogens is 1. The third-order valence-electron chi connectivity index (χ3n) is 3.73. The van der Waals surface area contributed by atoms with Crippen LogP contribution >= 0.6 is 0 Å². The molecule has 2 aromatic carbocycles. The molecule has 0 saturated carbocycles. The highest BCUT2D eigenvalue weighted by Gasteiger charge is 2.12. The molecular formula is C19H17NO. The molecule has 3 aromatic rings. The summed E-state index contributed by atoms with van der Waals surface area (Å²) < 4.78 is 0. The van der Waals surface area contributed by atoms with Gasteiger partial charge in [-0.05, 0) is 56.7 Å². The molecule has 0 fully saturated rings. The van der Waals surface area contributed by atoms with Crippen LogP contribution in [0.5, 0.6) is 0 Å². The maximum atomic E-state index is 12.7. The lowest BCUT2D eigenvalue weighted by Gasteiger charge is -2.07. The number of carbonyl (C=O) groups is 1. The third-order valence-corrected chi connectivity index (χ3v) is 3.73. The fourth-order valence-corrected chi connectivity index (χ4v) is 2.50. The van der Waals surface area contributed by atoms with Crippen molar-refractivity contribution in [3.05, 3.63) is 76.5 Å². The van der Waals surface area contributed by atoms with E-state index >= 15 is 0 Å². The van der Waals surface area contributed by atoms with Crippen molar-refractivity contribution in [1.29, 1.82) is 0 Å². The van der Waals surface area contributed by atoms with Gasteiger partial charge in [0.15, 0.2) is 5.78 Å². The SMILES string of the molecule is Cc1ccc(C)c(C(=O)c2ccc3nc(C)ccc3c2)c1. The fraction of sp³-hybridized carbons (Fsp3) is 0.158. The summed E-state index contributed by atoms with van der Waals surface area (Å²) in [6, 6.07) is 15.7. The molecule has 0 atom stereocenters. The number of rotatable bonds is 2. The summed E-state index contributed by atoms with van der Waals surface area (Å²) in [7, 11) is 0. The Kier molecular flexibility index (Phi) is 3.30. The van der Waals surface area contributed by atoms with E-state index in [1.54, 1.807) is 0 Å². The predicted octanol–water partition coefficient (Wildman–Crippen LogP) is 4.39. The van der Waals surface area contributed by atoms with Crippen molar-refractivity contribution in [2.45, 2.75) is 20.8 Å². The van der Waals surface area contributed by atoms with Gasteiger partial charge >= 0.3 is 0 Å². The van der Waals surface area contributed by atoms with Crippen LogP contribution in [-0.4, -0.2) is 10.8 Å². The fourth-order valence-electron chi connectivity index (χ4n) is 2.50. The summed E-state index contributed by atoms with van der Waals surface area (Å²) in [5.74, 6) is 0.0682. The number of fused-ring (bicyclic) bond motifs is 1. The smallest absolute Gasteiger partial charge is 0.193 e. The molecule has 0 aliphatic rings. The van der Waals surface area contributed by atoms with Crippen LogP contribution in [0, 0.1) is 20.8 Å². The number of carbonyl (C=O) groups excluding carboxylic acids is 1. The van der Waals surface area contributed by atoms with E-state index < -0.39 is 0 Å². The summed E-state index contributed by atoms with van der Waals surface area (Å²) in [4.78, 5) is 17.2. The Labute approximate surface area is 124 Å².